The van der Waals surface area contributed by atoms with Crippen molar-refractivity contribution in [3.63, 3.8) is 0 Å². The summed E-state index contributed by atoms with van der Waals surface area (Å²) in [4.78, 5) is 38.8. The maximum Gasteiger partial charge on any atom is 0.329 e. The number of benzene rings is 1. The van der Waals surface area contributed by atoms with Gasteiger partial charge >= 0.3 is 5.97 Å². The first-order valence-corrected chi connectivity index (χ1v) is 9.96. The fourth-order valence-electron chi connectivity index (χ4n) is 4.11. The summed E-state index contributed by atoms with van der Waals surface area (Å²) in [7, 11) is 0. The highest BCUT2D eigenvalue weighted by atomic mass is 127. The SMILES string of the molecule is CCOC(=O)[C@]1(C#N)[C@@H](c2cccc(I)c2)[C@@H](C(N)=O)N2C=C(C(N)=O)C=C[C@@H]21. The van der Waals surface area contributed by atoms with Gasteiger partial charge in [-0.3, -0.25) is 14.4 Å². The second-order valence-corrected chi connectivity index (χ2v) is 8.03. The Morgan fingerprint density at radius 2 is 2.07 bits per heavy atom. The lowest BCUT2D eigenvalue weighted by Gasteiger charge is -2.32. The third kappa shape index (κ3) is 3.27. The van der Waals surface area contributed by atoms with Crippen LogP contribution in [0.3, 0.4) is 0 Å². The van der Waals surface area contributed by atoms with Gasteiger partial charge in [-0.1, -0.05) is 18.2 Å². The topological polar surface area (TPSA) is 140 Å². The van der Waals surface area contributed by atoms with E-state index in [1.54, 1.807) is 25.1 Å². The van der Waals surface area contributed by atoms with Crippen molar-refractivity contribution < 1.29 is 19.1 Å². The normalized spacial score (nSPS) is 27.6. The number of halogens is 1. The van der Waals surface area contributed by atoms with E-state index < -0.39 is 41.2 Å². The molecule has 1 fully saturated rings. The monoisotopic (exact) mass is 506 g/mol. The lowest BCUT2D eigenvalue weighted by molar-refractivity contribution is -0.153. The smallest absolute Gasteiger partial charge is 0.329 e. The number of nitrogens with zero attached hydrogens (tertiary/aromatic N) is 2. The summed E-state index contributed by atoms with van der Waals surface area (Å²) >= 11 is 2.11. The van der Waals surface area contributed by atoms with Gasteiger partial charge in [0.1, 0.15) is 6.04 Å². The van der Waals surface area contributed by atoms with Crippen LogP contribution in [-0.2, 0) is 19.1 Å². The molecule has 0 aromatic heterocycles. The van der Waals surface area contributed by atoms with Gasteiger partial charge in [-0.05, 0) is 53.3 Å². The number of rotatable bonds is 5. The van der Waals surface area contributed by atoms with Crippen molar-refractivity contribution in [2.45, 2.75) is 24.9 Å². The zero-order chi connectivity index (χ0) is 21.3. The molecule has 1 saturated heterocycles. The van der Waals surface area contributed by atoms with Gasteiger partial charge in [-0.15, -0.1) is 0 Å². The molecule has 4 atom stereocenters. The molecule has 2 amide bonds. The lowest BCUT2D eigenvalue weighted by Crippen LogP contribution is -2.45. The highest BCUT2D eigenvalue weighted by Crippen LogP contribution is 2.53. The summed E-state index contributed by atoms with van der Waals surface area (Å²) in [5, 5.41) is 10.3. The van der Waals surface area contributed by atoms with Crippen LogP contribution in [0.4, 0.5) is 0 Å². The molecule has 3 rings (SSSR count). The Hall–Kier alpha value is -2.87. The van der Waals surface area contributed by atoms with Crippen molar-refractivity contribution in [2.75, 3.05) is 6.61 Å². The molecule has 29 heavy (non-hydrogen) atoms. The number of amides is 2. The molecule has 0 spiro atoms. The summed E-state index contributed by atoms with van der Waals surface area (Å²) in [6.07, 6.45) is 4.37. The number of nitrogens with two attached hydrogens (primary N) is 2. The Bertz CT molecular complexity index is 983. The van der Waals surface area contributed by atoms with Crippen LogP contribution in [0.5, 0.6) is 0 Å². The first kappa shape index (κ1) is 20.9. The Labute approximate surface area is 181 Å². The molecule has 8 nitrogen and oxygen atoms in total. The average Bonchev–Trinajstić information content (AvgIpc) is 2.99. The molecule has 0 radical (unpaired) electrons. The molecule has 2 aliphatic heterocycles. The third-order valence-electron chi connectivity index (χ3n) is 5.24. The molecule has 2 heterocycles. The highest BCUT2D eigenvalue weighted by molar-refractivity contribution is 14.1. The van der Waals surface area contributed by atoms with Crippen molar-refractivity contribution in [2.24, 2.45) is 16.9 Å². The van der Waals surface area contributed by atoms with Crippen LogP contribution >= 0.6 is 22.6 Å². The van der Waals surface area contributed by atoms with Gasteiger partial charge in [0.2, 0.25) is 11.8 Å². The van der Waals surface area contributed by atoms with E-state index >= 15 is 0 Å². The van der Waals surface area contributed by atoms with Crippen LogP contribution < -0.4 is 11.5 Å². The molecule has 2 aliphatic rings. The van der Waals surface area contributed by atoms with Crippen LogP contribution in [-0.4, -0.2) is 41.4 Å². The van der Waals surface area contributed by atoms with E-state index in [4.69, 9.17) is 16.2 Å². The van der Waals surface area contributed by atoms with E-state index in [0.29, 0.717) is 5.56 Å². The zero-order valence-corrected chi connectivity index (χ0v) is 17.7. The molecule has 1 aromatic rings. The highest BCUT2D eigenvalue weighted by Gasteiger charge is 2.66. The molecular formula is C20H19IN4O4. The molecule has 0 aliphatic carbocycles. The molecule has 9 heteroatoms. The maximum atomic E-state index is 13.1. The molecule has 0 bridgehead atoms. The number of esters is 1. The maximum absolute atomic E-state index is 13.1. The number of hydrogen-bond acceptors (Lipinski definition) is 6. The Morgan fingerprint density at radius 1 is 1.34 bits per heavy atom. The van der Waals surface area contributed by atoms with E-state index in [2.05, 4.69) is 28.7 Å². The fourth-order valence-corrected chi connectivity index (χ4v) is 4.67. The van der Waals surface area contributed by atoms with E-state index in [1.807, 2.05) is 6.07 Å². The summed E-state index contributed by atoms with van der Waals surface area (Å²) in [5.74, 6) is -3.07. The first-order valence-electron chi connectivity index (χ1n) is 8.88. The van der Waals surface area contributed by atoms with Gasteiger partial charge in [-0.25, -0.2) is 0 Å². The molecule has 0 unspecified atom stereocenters. The van der Waals surface area contributed by atoms with Crippen LogP contribution in [0.15, 0.2) is 48.2 Å². The van der Waals surface area contributed by atoms with E-state index in [9.17, 15) is 19.6 Å². The Morgan fingerprint density at radius 3 is 2.62 bits per heavy atom. The van der Waals surface area contributed by atoms with Gasteiger partial charge in [0.05, 0.1) is 24.3 Å². The average molecular weight is 506 g/mol. The molecule has 0 saturated carbocycles. The minimum absolute atomic E-state index is 0.0708. The van der Waals surface area contributed by atoms with Gasteiger partial charge < -0.3 is 21.1 Å². The quantitative estimate of drug-likeness (QED) is 0.450. The van der Waals surface area contributed by atoms with Crippen LogP contribution in [0.25, 0.3) is 0 Å². The van der Waals surface area contributed by atoms with Crippen molar-refractivity contribution in [3.05, 3.63) is 57.3 Å². The largest absolute Gasteiger partial charge is 0.465 e. The number of fused-ring (bicyclic) bond motifs is 1. The fraction of sp³-hybridized carbons (Fsp3) is 0.300. The number of nitriles is 1. The summed E-state index contributed by atoms with van der Waals surface area (Å²) in [5.41, 5.74) is 10.1. The summed E-state index contributed by atoms with van der Waals surface area (Å²) < 4.78 is 6.13. The third-order valence-corrected chi connectivity index (χ3v) is 5.91. The second kappa shape index (κ2) is 7.87. The summed E-state index contributed by atoms with van der Waals surface area (Å²) in [6.45, 7) is 1.71. The molecule has 4 N–H and O–H groups in total. The second-order valence-electron chi connectivity index (χ2n) is 6.78. The van der Waals surface area contributed by atoms with Gasteiger partial charge in [0, 0.05) is 15.7 Å². The molecule has 1 aromatic carbocycles. The van der Waals surface area contributed by atoms with Crippen LogP contribution in [0.2, 0.25) is 0 Å². The number of ether oxygens (including phenoxy) is 1. The van der Waals surface area contributed by atoms with E-state index in [1.165, 1.54) is 23.3 Å². The predicted octanol–water partition coefficient (Wildman–Crippen LogP) is 0.925. The minimum atomic E-state index is -1.74. The van der Waals surface area contributed by atoms with E-state index in [0.717, 1.165) is 3.57 Å². The van der Waals surface area contributed by atoms with Crippen molar-refractivity contribution >= 4 is 40.4 Å². The number of carbonyl (C=O) groups excluding carboxylic acids is 3. The minimum Gasteiger partial charge on any atom is -0.465 e. The Balaban J connectivity index is 2.30. The molecular weight excluding hydrogens is 487 g/mol. The molecule has 150 valence electrons. The van der Waals surface area contributed by atoms with Crippen molar-refractivity contribution in [1.82, 2.24) is 4.90 Å². The Kier molecular flexibility index (Phi) is 5.66. The first-order chi connectivity index (χ1) is 13.8. The summed E-state index contributed by atoms with van der Waals surface area (Å²) in [6, 6.07) is 7.41. The zero-order valence-electron chi connectivity index (χ0n) is 15.5. The van der Waals surface area contributed by atoms with E-state index in [-0.39, 0.29) is 12.2 Å². The number of primary amides is 2. The number of carbonyl (C=O) groups is 3. The predicted molar refractivity (Wildman–Crippen MR) is 112 cm³/mol. The van der Waals surface area contributed by atoms with Gasteiger partial charge in [0.25, 0.3) is 0 Å². The number of hydrogen-bond donors (Lipinski definition) is 2. The van der Waals surface area contributed by atoms with Crippen molar-refractivity contribution in [3.8, 4) is 6.07 Å². The van der Waals surface area contributed by atoms with Crippen LogP contribution in [0.1, 0.15) is 18.4 Å². The standard InChI is InChI=1S/C20H19IN4O4/c1-2-29-19(28)20(10-22)14-7-6-12(17(23)26)9-25(14)16(18(24)27)15(20)11-4-3-5-13(21)8-11/h3-9,14-16H,2H2,1H3,(H2,23,26)(H2,24,27)/t14-,15+,16+,20+/m1/s1. The van der Waals surface area contributed by atoms with Gasteiger partial charge in [0.15, 0.2) is 5.41 Å². The van der Waals surface area contributed by atoms with Crippen LogP contribution in [0, 0.1) is 20.3 Å². The van der Waals surface area contributed by atoms with Crippen molar-refractivity contribution in [1.29, 1.82) is 5.26 Å². The lowest BCUT2D eigenvalue weighted by atomic mass is 9.68. The van der Waals surface area contributed by atoms with Gasteiger partial charge in [-0.2, -0.15) is 5.26 Å².